The summed E-state index contributed by atoms with van der Waals surface area (Å²) in [7, 11) is 3.68. The fraction of sp³-hybridized carbons (Fsp3) is 0.188. The maximum atomic E-state index is 5.79. The van der Waals surface area contributed by atoms with Gasteiger partial charge in [0.2, 0.25) is 5.95 Å². The molecule has 3 aromatic rings. The van der Waals surface area contributed by atoms with E-state index in [0.717, 1.165) is 34.0 Å². The molecule has 0 saturated carbocycles. The highest BCUT2D eigenvalue weighted by Gasteiger charge is 2.10. The average molecular weight is 282 g/mol. The zero-order valence-electron chi connectivity index (χ0n) is 12.1. The number of anilines is 2. The Bertz CT molecular complexity index is 766. The maximum absolute atomic E-state index is 5.79. The molecule has 0 atom stereocenters. The van der Waals surface area contributed by atoms with E-state index in [4.69, 9.17) is 10.5 Å². The smallest absolute Gasteiger partial charge is 0.203 e. The molecule has 0 bridgehead atoms. The van der Waals surface area contributed by atoms with Crippen LogP contribution < -0.4 is 15.4 Å². The number of imidazole rings is 1. The number of para-hydroxylation sites is 1. The fourth-order valence-corrected chi connectivity index (χ4v) is 2.36. The van der Waals surface area contributed by atoms with Crippen LogP contribution in [-0.4, -0.2) is 24.1 Å². The second-order valence-electron chi connectivity index (χ2n) is 5.00. The number of rotatable bonds is 4. The first kappa shape index (κ1) is 13.3. The largest absolute Gasteiger partial charge is 0.496 e. The van der Waals surface area contributed by atoms with Crippen molar-refractivity contribution >= 4 is 22.7 Å². The van der Waals surface area contributed by atoms with Crippen LogP contribution >= 0.6 is 0 Å². The number of aromatic nitrogens is 2. The number of fused-ring (bicyclic) bond motifs is 1. The van der Waals surface area contributed by atoms with Crippen molar-refractivity contribution in [3.8, 4) is 5.75 Å². The average Bonchev–Trinajstić information content (AvgIpc) is 2.91. The lowest BCUT2D eigenvalue weighted by molar-refractivity contribution is 0.409. The Hall–Kier alpha value is -2.69. The molecule has 0 unspecified atom stereocenters. The Kier molecular flexibility index (Phi) is 3.39. The quantitative estimate of drug-likeness (QED) is 0.722. The molecule has 1 heterocycles. The number of aromatic amines is 1. The molecule has 5 nitrogen and oxygen atoms in total. The van der Waals surface area contributed by atoms with Crippen molar-refractivity contribution in [2.45, 2.75) is 6.54 Å². The van der Waals surface area contributed by atoms with Gasteiger partial charge in [0.25, 0.3) is 0 Å². The van der Waals surface area contributed by atoms with Gasteiger partial charge in [-0.1, -0.05) is 18.2 Å². The number of hydrogen-bond acceptors (Lipinski definition) is 4. The molecule has 0 fully saturated rings. The normalized spacial score (nSPS) is 10.8. The second kappa shape index (κ2) is 5.36. The summed E-state index contributed by atoms with van der Waals surface area (Å²) < 4.78 is 5.38. The summed E-state index contributed by atoms with van der Waals surface area (Å²) >= 11 is 0. The molecule has 108 valence electrons. The molecule has 1 aromatic heterocycles. The van der Waals surface area contributed by atoms with Crippen LogP contribution in [0.3, 0.4) is 0 Å². The Balaban J connectivity index is 1.88. The van der Waals surface area contributed by atoms with E-state index >= 15 is 0 Å². The SMILES string of the molecule is COc1ccccc1CN(C)c1nc2ccc(N)cc2[nH]1. The molecular weight excluding hydrogens is 264 g/mol. The number of methoxy groups -OCH3 is 1. The summed E-state index contributed by atoms with van der Waals surface area (Å²) in [4.78, 5) is 9.92. The standard InChI is InChI=1S/C16H18N4O/c1-20(10-11-5-3-4-6-15(11)21-2)16-18-13-8-7-12(17)9-14(13)19-16/h3-9H,10,17H2,1-2H3,(H,18,19). The monoisotopic (exact) mass is 282 g/mol. The van der Waals surface area contributed by atoms with E-state index in [1.807, 2.05) is 48.3 Å². The molecule has 0 aliphatic rings. The third-order valence-corrected chi connectivity index (χ3v) is 3.46. The first-order chi connectivity index (χ1) is 10.2. The van der Waals surface area contributed by atoms with Gasteiger partial charge in [0, 0.05) is 24.8 Å². The van der Waals surface area contributed by atoms with Crippen molar-refractivity contribution in [2.75, 3.05) is 24.8 Å². The van der Waals surface area contributed by atoms with Crippen LogP contribution in [0.5, 0.6) is 5.75 Å². The van der Waals surface area contributed by atoms with Crippen molar-refractivity contribution in [2.24, 2.45) is 0 Å². The molecule has 5 heteroatoms. The minimum Gasteiger partial charge on any atom is -0.496 e. The van der Waals surface area contributed by atoms with Gasteiger partial charge in [0.05, 0.1) is 18.1 Å². The molecule has 2 aromatic carbocycles. The predicted octanol–water partition coefficient (Wildman–Crippen LogP) is 2.79. The minimum atomic E-state index is 0.708. The molecule has 0 aliphatic heterocycles. The summed E-state index contributed by atoms with van der Waals surface area (Å²) in [6.45, 7) is 0.708. The lowest BCUT2D eigenvalue weighted by Crippen LogP contribution is -2.18. The van der Waals surface area contributed by atoms with Crippen molar-refractivity contribution in [3.63, 3.8) is 0 Å². The molecule has 0 aliphatic carbocycles. The zero-order chi connectivity index (χ0) is 14.8. The summed E-state index contributed by atoms with van der Waals surface area (Å²) in [5, 5.41) is 0. The van der Waals surface area contributed by atoms with E-state index in [2.05, 4.69) is 16.0 Å². The number of hydrogen-bond donors (Lipinski definition) is 2. The van der Waals surface area contributed by atoms with E-state index in [1.165, 1.54) is 0 Å². The van der Waals surface area contributed by atoms with Crippen LogP contribution in [0.15, 0.2) is 42.5 Å². The Morgan fingerprint density at radius 1 is 1.24 bits per heavy atom. The van der Waals surface area contributed by atoms with Crippen LogP contribution in [0.2, 0.25) is 0 Å². The maximum Gasteiger partial charge on any atom is 0.203 e. The van der Waals surface area contributed by atoms with Crippen LogP contribution in [-0.2, 0) is 6.54 Å². The van der Waals surface area contributed by atoms with Crippen LogP contribution in [0.1, 0.15) is 5.56 Å². The second-order valence-corrected chi connectivity index (χ2v) is 5.00. The number of nitrogens with one attached hydrogen (secondary N) is 1. The molecule has 0 amide bonds. The lowest BCUT2D eigenvalue weighted by atomic mass is 10.2. The van der Waals surface area contributed by atoms with Crippen molar-refractivity contribution in [1.82, 2.24) is 9.97 Å². The van der Waals surface area contributed by atoms with Gasteiger partial charge in [-0.05, 0) is 24.3 Å². The van der Waals surface area contributed by atoms with E-state index in [0.29, 0.717) is 6.54 Å². The van der Waals surface area contributed by atoms with E-state index in [1.54, 1.807) is 7.11 Å². The fourth-order valence-electron chi connectivity index (χ4n) is 2.36. The highest BCUT2D eigenvalue weighted by molar-refractivity contribution is 5.80. The number of nitrogens with two attached hydrogens (primary N) is 1. The molecule has 0 spiro atoms. The van der Waals surface area contributed by atoms with Gasteiger partial charge < -0.3 is 20.4 Å². The Morgan fingerprint density at radius 3 is 2.86 bits per heavy atom. The number of nitrogen functional groups attached to an aromatic ring is 1. The molecular formula is C16H18N4O. The molecule has 21 heavy (non-hydrogen) atoms. The van der Waals surface area contributed by atoms with E-state index < -0.39 is 0 Å². The number of benzene rings is 2. The first-order valence-corrected chi connectivity index (χ1v) is 6.75. The summed E-state index contributed by atoms with van der Waals surface area (Å²) in [5.74, 6) is 1.69. The Morgan fingerprint density at radius 2 is 2.05 bits per heavy atom. The summed E-state index contributed by atoms with van der Waals surface area (Å²) in [5.41, 5.74) is 9.48. The molecule has 0 saturated heterocycles. The van der Waals surface area contributed by atoms with Gasteiger partial charge >= 0.3 is 0 Å². The number of H-pyrrole nitrogens is 1. The molecule has 3 N–H and O–H groups in total. The number of nitrogens with zero attached hydrogens (tertiary/aromatic N) is 2. The highest BCUT2D eigenvalue weighted by Crippen LogP contribution is 2.23. The topological polar surface area (TPSA) is 67.2 Å². The summed E-state index contributed by atoms with van der Waals surface area (Å²) in [6.07, 6.45) is 0. The van der Waals surface area contributed by atoms with Gasteiger partial charge in [-0.25, -0.2) is 4.98 Å². The predicted molar refractivity (Wildman–Crippen MR) is 85.6 cm³/mol. The van der Waals surface area contributed by atoms with E-state index in [-0.39, 0.29) is 0 Å². The van der Waals surface area contributed by atoms with Gasteiger partial charge in [-0.3, -0.25) is 0 Å². The van der Waals surface area contributed by atoms with Crippen molar-refractivity contribution in [1.29, 1.82) is 0 Å². The van der Waals surface area contributed by atoms with E-state index in [9.17, 15) is 0 Å². The zero-order valence-corrected chi connectivity index (χ0v) is 12.1. The van der Waals surface area contributed by atoms with Gasteiger partial charge in [-0.2, -0.15) is 0 Å². The molecule has 3 rings (SSSR count). The van der Waals surface area contributed by atoms with Gasteiger partial charge in [-0.15, -0.1) is 0 Å². The first-order valence-electron chi connectivity index (χ1n) is 6.75. The van der Waals surface area contributed by atoms with Crippen LogP contribution in [0.25, 0.3) is 11.0 Å². The minimum absolute atomic E-state index is 0.708. The van der Waals surface area contributed by atoms with Gasteiger partial charge in [0.1, 0.15) is 5.75 Å². The lowest BCUT2D eigenvalue weighted by Gasteiger charge is -2.17. The summed E-state index contributed by atoms with van der Waals surface area (Å²) in [6, 6.07) is 13.6. The third-order valence-electron chi connectivity index (χ3n) is 3.46. The van der Waals surface area contributed by atoms with Crippen LogP contribution in [0.4, 0.5) is 11.6 Å². The third kappa shape index (κ3) is 2.63. The van der Waals surface area contributed by atoms with Crippen LogP contribution in [0, 0.1) is 0 Å². The number of ether oxygens (including phenoxy) is 1. The van der Waals surface area contributed by atoms with Crippen molar-refractivity contribution < 1.29 is 4.74 Å². The van der Waals surface area contributed by atoms with Gasteiger partial charge in [0.15, 0.2) is 0 Å². The Labute approximate surface area is 123 Å². The highest BCUT2D eigenvalue weighted by atomic mass is 16.5. The van der Waals surface area contributed by atoms with Crippen molar-refractivity contribution in [3.05, 3.63) is 48.0 Å². The molecule has 0 radical (unpaired) electrons.